The highest BCUT2D eigenvalue weighted by Gasteiger charge is 2.22. The summed E-state index contributed by atoms with van der Waals surface area (Å²) in [7, 11) is 0. The van der Waals surface area contributed by atoms with E-state index in [2.05, 4.69) is 0 Å². The van der Waals surface area contributed by atoms with E-state index in [4.69, 9.17) is 9.47 Å². The first-order valence-corrected chi connectivity index (χ1v) is 4.89. The minimum Gasteiger partial charge on any atom is -0.490 e. The Kier molecular flexibility index (Phi) is 2.59. The molecule has 0 bridgehead atoms. The Morgan fingerprint density at radius 2 is 2.43 bits per heavy atom. The van der Waals surface area contributed by atoms with Crippen molar-refractivity contribution in [3.8, 4) is 11.5 Å². The third-order valence-corrected chi connectivity index (χ3v) is 2.31. The SMILES string of the molecule is CCOc1cccc2c1OCC[C@@H]2O. The van der Waals surface area contributed by atoms with E-state index < -0.39 is 6.10 Å². The van der Waals surface area contributed by atoms with Gasteiger partial charge in [-0.15, -0.1) is 0 Å². The van der Waals surface area contributed by atoms with Crippen molar-refractivity contribution in [1.82, 2.24) is 0 Å². The molecule has 1 aromatic rings. The predicted molar refractivity (Wildman–Crippen MR) is 52.7 cm³/mol. The van der Waals surface area contributed by atoms with Crippen molar-refractivity contribution in [3.63, 3.8) is 0 Å². The molecule has 1 aliphatic heterocycles. The molecule has 0 amide bonds. The summed E-state index contributed by atoms with van der Waals surface area (Å²) in [5.41, 5.74) is 0.835. The minimum atomic E-state index is -0.417. The number of hydrogen-bond acceptors (Lipinski definition) is 3. The standard InChI is InChI=1S/C11H14O3/c1-2-13-10-5-3-4-8-9(12)6-7-14-11(8)10/h3-5,9,12H,2,6-7H2,1H3/t9-/m0/s1. The largest absolute Gasteiger partial charge is 0.490 e. The van der Waals surface area contributed by atoms with Crippen LogP contribution in [0.2, 0.25) is 0 Å². The van der Waals surface area contributed by atoms with Gasteiger partial charge in [-0.2, -0.15) is 0 Å². The van der Waals surface area contributed by atoms with Crippen LogP contribution in [0.4, 0.5) is 0 Å². The lowest BCUT2D eigenvalue weighted by Crippen LogP contribution is -2.14. The number of rotatable bonds is 2. The molecule has 14 heavy (non-hydrogen) atoms. The van der Waals surface area contributed by atoms with Crippen molar-refractivity contribution in [2.45, 2.75) is 19.4 Å². The molecule has 0 aromatic heterocycles. The van der Waals surface area contributed by atoms with Crippen molar-refractivity contribution in [1.29, 1.82) is 0 Å². The van der Waals surface area contributed by atoms with Gasteiger partial charge in [0.2, 0.25) is 0 Å². The summed E-state index contributed by atoms with van der Waals surface area (Å²) in [4.78, 5) is 0. The van der Waals surface area contributed by atoms with Crippen LogP contribution in [0.15, 0.2) is 18.2 Å². The zero-order valence-electron chi connectivity index (χ0n) is 8.19. The van der Waals surface area contributed by atoms with Crippen molar-refractivity contribution in [2.24, 2.45) is 0 Å². The summed E-state index contributed by atoms with van der Waals surface area (Å²) in [5.74, 6) is 1.43. The van der Waals surface area contributed by atoms with Crippen LogP contribution in [0.3, 0.4) is 0 Å². The average molecular weight is 194 g/mol. The van der Waals surface area contributed by atoms with E-state index in [1.807, 2.05) is 25.1 Å². The molecule has 0 saturated carbocycles. The number of hydrogen-bond donors (Lipinski definition) is 1. The number of aliphatic hydroxyl groups excluding tert-OH is 1. The zero-order valence-corrected chi connectivity index (χ0v) is 8.19. The summed E-state index contributed by atoms with van der Waals surface area (Å²) >= 11 is 0. The molecule has 1 aliphatic rings. The van der Waals surface area contributed by atoms with Crippen LogP contribution in [-0.4, -0.2) is 18.3 Å². The highest BCUT2D eigenvalue weighted by atomic mass is 16.5. The molecule has 3 nitrogen and oxygen atoms in total. The van der Waals surface area contributed by atoms with E-state index in [-0.39, 0.29) is 0 Å². The van der Waals surface area contributed by atoms with Gasteiger partial charge in [-0.3, -0.25) is 0 Å². The van der Waals surface area contributed by atoms with Crippen LogP contribution >= 0.6 is 0 Å². The molecular weight excluding hydrogens is 180 g/mol. The van der Waals surface area contributed by atoms with E-state index in [1.54, 1.807) is 0 Å². The quantitative estimate of drug-likeness (QED) is 0.781. The Hall–Kier alpha value is -1.22. The van der Waals surface area contributed by atoms with Crippen LogP contribution in [0.1, 0.15) is 25.0 Å². The second kappa shape index (κ2) is 3.88. The normalized spacial score (nSPS) is 19.7. The summed E-state index contributed by atoms with van der Waals surface area (Å²) in [5, 5.41) is 9.72. The first kappa shape index (κ1) is 9.34. The molecule has 1 N–H and O–H groups in total. The molecule has 0 saturated heterocycles. The minimum absolute atomic E-state index is 0.417. The zero-order chi connectivity index (χ0) is 9.97. The molecule has 0 aliphatic carbocycles. The summed E-state index contributed by atoms with van der Waals surface area (Å²) < 4.78 is 10.9. The number of fused-ring (bicyclic) bond motifs is 1. The topological polar surface area (TPSA) is 38.7 Å². The number of para-hydroxylation sites is 1. The maximum absolute atomic E-state index is 9.72. The number of aliphatic hydroxyl groups is 1. The maximum Gasteiger partial charge on any atom is 0.166 e. The predicted octanol–water partition coefficient (Wildman–Crippen LogP) is 1.90. The Morgan fingerprint density at radius 3 is 3.21 bits per heavy atom. The van der Waals surface area contributed by atoms with Gasteiger partial charge in [-0.1, -0.05) is 12.1 Å². The summed E-state index contributed by atoms with van der Waals surface area (Å²) in [6, 6.07) is 5.61. The van der Waals surface area contributed by atoms with Crippen LogP contribution < -0.4 is 9.47 Å². The molecule has 0 spiro atoms. The molecule has 0 unspecified atom stereocenters. The monoisotopic (exact) mass is 194 g/mol. The van der Waals surface area contributed by atoms with Crippen LogP contribution in [0.5, 0.6) is 11.5 Å². The van der Waals surface area contributed by atoms with Crippen LogP contribution in [0.25, 0.3) is 0 Å². The van der Waals surface area contributed by atoms with Gasteiger partial charge in [0, 0.05) is 12.0 Å². The van der Waals surface area contributed by atoms with Gasteiger partial charge in [-0.05, 0) is 13.0 Å². The van der Waals surface area contributed by atoms with Crippen molar-refractivity contribution >= 4 is 0 Å². The van der Waals surface area contributed by atoms with E-state index in [1.165, 1.54) is 0 Å². The fourth-order valence-electron chi connectivity index (χ4n) is 1.65. The van der Waals surface area contributed by atoms with Crippen LogP contribution in [0, 0.1) is 0 Å². The molecule has 1 heterocycles. The van der Waals surface area contributed by atoms with Crippen molar-refractivity contribution in [2.75, 3.05) is 13.2 Å². The number of ether oxygens (including phenoxy) is 2. The molecular formula is C11H14O3. The van der Waals surface area contributed by atoms with Crippen molar-refractivity contribution in [3.05, 3.63) is 23.8 Å². The van der Waals surface area contributed by atoms with E-state index >= 15 is 0 Å². The van der Waals surface area contributed by atoms with Crippen molar-refractivity contribution < 1.29 is 14.6 Å². The van der Waals surface area contributed by atoms with Gasteiger partial charge in [-0.25, -0.2) is 0 Å². The molecule has 1 aromatic carbocycles. The average Bonchev–Trinajstić information content (AvgIpc) is 2.20. The van der Waals surface area contributed by atoms with Gasteiger partial charge in [0.15, 0.2) is 11.5 Å². The van der Waals surface area contributed by atoms with Gasteiger partial charge < -0.3 is 14.6 Å². The Bertz CT molecular complexity index is 322. The highest BCUT2D eigenvalue weighted by Crippen LogP contribution is 2.39. The third kappa shape index (κ3) is 1.55. The Morgan fingerprint density at radius 1 is 1.57 bits per heavy atom. The fraction of sp³-hybridized carbons (Fsp3) is 0.455. The molecule has 3 heteroatoms. The molecule has 2 rings (SSSR count). The summed E-state index contributed by atoms with van der Waals surface area (Å²) in [6.07, 6.45) is 0.238. The van der Waals surface area contributed by atoms with E-state index in [0.29, 0.717) is 25.4 Å². The smallest absolute Gasteiger partial charge is 0.166 e. The highest BCUT2D eigenvalue weighted by molar-refractivity contribution is 5.48. The van der Waals surface area contributed by atoms with Gasteiger partial charge >= 0.3 is 0 Å². The molecule has 1 atom stereocenters. The second-order valence-electron chi connectivity index (χ2n) is 3.26. The molecule has 0 fully saturated rings. The lowest BCUT2D eigenvalue weighted by molar-refractivity contribution is 0.112. The van der Waals surface area contributed by atoms with Crippen LogP contribution in [-0.2, 0) is 0 Å². The Labute approximate surface area is 83.3 Å². The summed E-state index contributed by atoms with van der Waals surface area (Å²) in [6.45, 7) is 3.09. The van der Waals surface area contributed by atoms with Gasteiger partial charge in [0.05, 0.1) is 19.3 Å². The fourth-order valence-corrected chi connectivity index (χ4v) is 1.65. The first-order chi connectivity index (χ1) is 6.83. The molecule has 0 radical (unpaired) electrons. The Balaban J connectivity index is 2.39. The van der Waals surface area contributed by atoms with E-state index in [0.717, 1.165) is 11.3 Å². The first-order valence-electron chi connectivity index (χ1n) is 4.89. The lowest BCUT2D eigenvalue weighted by Gasteiger charge is -2.23. The lowest BCUT2D eigenvalue weighted by atomic mass is 10.0. The molecule has 76 valence electrons. The second-order valence-corrected chi connectivity index (χ2v) is 3.26. The maximum atomic E-state index is 9.72. The van der Waals surface area contributed by atoms with Gasteiger partial charge in [0.25, 0.3) is 0 Å². The number of benzene rings is 1. The van der Waals surface area contributed by atoms with E-state index in [9.17, 15) is 5.11 Å². The third-order valence-electron chi connectivity index (χ3n) is 2.31. The van der Waals surface area contributed by atoms with Gasteiger partial charge in [0.1, 0.15) is 0 Å².